The summed E-state index contributed by atoms with van der Waals surface area (Å²) in [5.41, 5.74) is 2.19. The first kappa shape index (κ1) is 16.8. The zero-order chi connectivity index (χ0) is 16.4. The van der Waals surface area contributed by atoms with E-state index in [1.165, 1.54) is 36.5 Å². The van der Waals surface area contributed by atoms with Crippen LogP contribution in [0.3, 0.4) is 0 Å². The highest BCUT2D eigenvalue weighted by molar-refractivity contribution is 8.19. The summed E-state index contributed by atoms with van der Waals surface area (Å²) >= 11 is 4.02. The van der Waals surface area contributed by atoms with Crippen molar-refractivity contribution in [1.82, 2.24) is 10.2 Å². The Labute approximate surface area is 153 Å². The molecular formula is C19H26N2OS2. The van der Waals surface area contributed by atoms with Gasteiger partial charge in [0.2, 0.25) is 0 Å². The van der Waals surface area contributed by atoms with E-state index in [4.69, 9.17) is 0 Å². The van der Waals surface area contributed by atoms with Crippen molar-refractivity contribution in [1.29, 1.82) is 0 Å². The third-order valence-electron chi connectivity index (χ3n) is 5.23. The Balaban J connectivity index is 1.29. The number of hydrogen-bond donors (Lipinski definition) is 1. The minimum Gasteiger partial charge on any atom is -0.339 e. The zero-order valence-electron chi connectivity index (χ0n) is 14.1. The largest absolute Gasteiger partial charge is 0.339 e. The van der Waals surface area contributed by atoms with Crippen molar-refractivity contribution < 1.29 is 4.79 Å². The van der Waals surface area contributed by atoms with E-state index in [-0.39, 0.29) is 5.91 Å². The van der Waals surface area contributed by atoms with Crippen LogP contribution >= 0.6 is 23.5 Å². The molecular weight excluding hydrogens is 336 g/mol. The van der Waals surface area contributed by atoms with Crippen molar-refractivity contribution in [3.8, 4) is 0 Å². The van der Waals surface area contributed by atoms with Crippen LogP contribution in [0.5, 0.6) is 0 Å². The Morgan fingerprint density at radius 3 is 2.33 bits per heavy atom. The van der Waals surface area contributed by atoms with E-state index in [1.54, 1.807) is 0 Å². The van der Waals surface area contributed by atoms with Crippen LogP contribution in [0.2, 0.25) is 0 Å². The molecule has 2 heterocycles. The summed E-state index contributed by atoms with van der Waals surface area (Å²) in [4.78, 5) is 14.7. The summed E-state index contributed by atoms with van der Waals surface area (Å²) in [6.07, 6.45) is 4.98. The molecule has 0 unspecified atom stereocenters. The molecule has 0 bridgehead atoms. The van der Waals surface area contributed by atoms with Crippen molar-refractivity contribution >= 4 is 29.4 Å². The van der Waals surface area contributed by atoms with E-state index >= 15 is 0 Å². The maximum atomic E-state index is 12.7. The highest BCUT2D eigenvalue weighted by atomic mass is 32.2. The maximum Gasteiger partial charge on any atom is 0.253 e. The Hall–Kier alpha value is -0.650. The van der Waals surface area contributed by atoms with Crippen LogP contribution in [0.25, 0.3) is 0 Å². The summed E-state index contributed by atoms with van der Waals surface area (Å²) in [5, 5.41) is 3.68. The first-order valence-corrected chi connectivity index (χ1v) is 11.2. The summed E-state index contributed by atoms with van der Waals surface area (Å²) in [7, 11) is 0. The SMILES string of the molecule is O=C(c1ccc(C2SCCS2)cc1)N1CCC(NCC2CC2)CC1. The van der Waals surface area contributed by atoms with E-state index < -0.39 is 0 Å². The van der Waals surface area contributed by atoms with Gasteiger partial charge >= 0.3 is 0 Å². The number of nitrogens with one attached hydrogen (secondary N) is 1. The summed E-state index contributed by atoms with van der Waals surface area (Å²) in [6, 6.07) is 8.94. The second-order valence-electron chi connectivity index (χ2n) is 7.11. The zero-order valence-corrected chi connectivity index (χ0v) is 15.7. The lowest BCUT2D eigenvalue weighted by Crippen LogP contribution is -2.45. The van der Waals surface area contributed by atoms with Gasteiger partial charge in [0.05, 0.1) is 4.58 Å². The van der Waals surface area contributed by atoms with Crippen LogP contribution in [0, 0.1) is 5.92 Å². The first-order chi connectivity index (χ1) is 11.8. The molecule has 1 saturated carbocycles. The second-order valence-corrected chi connectivity index (χ2v) is 9.84. The Kier molecular flexibility index (Phi) is 5.40. The van der Waals surface area contributed by atoms with Crippen molar-refractivity contribution in [3.05, 3.63) is 35.4 Å². The lowest BCUT2D eigenvalue weighted by molar-refractivity contribution is 0.0705. The molecule has 3 fully saturated rings. The van der Waals surface area contributed by atoms with E-state index in [0.717, 1.165) is 37.4 Å². The van der Waals surface area contributed by atoms with E-state index in [1.807, 2.05) is 40.6 Å². The third-order valence-corrected chi connectivity index (χ3v) is 8.33. The molecule has 0 radical (unpaired) electrons. The van der Waals surface area contributed by atoms with Gasteiger partial charge in [-0.1, -0.05) is 12.1 Å². The van der Waals surface area contributed by atoms with E-state index in [9.17, 15) is 4.79 Å². The molecule has 130 valence electrons. The molecule has 1 N–H and O–H groups in total. The monoisotopic (exact) mass is 362 g/mol. The van der Waals surface area contributed by atoms with Gasteiger partial charge in [0.25, 0.3) is 5.91 Å². The Bertz CT molecular complexity index is 559. The van der Waals surface area contributed by atoms with Crippen LogP contribution in [0.1, 0.15) is 46.2 Å². The Morgan fingerprint density at radius 2 is 1.71 bits per heavy atom. The molecule has 1 aromatic rings. The molecule has 3 nitrogen and oxygen atoms in total. The predicted octanol–water partition coefficient (Wildman–Crippen LogP) is 3.77. The van der Waals surface area contributed by atoms with Gasteiger partial charge < -0.3 is 10.2 Å². The van der Waals surface area contributed by atoms with Crippen molar-refractivity contribution in [2.24, 2.45) is 5.92 Å². The number of piperidine rings is 1. The van der Waals surface area contributed by atoms with Crippen molar-refractivity contribution in [2.75, 3.05) is 31.1 Å². The number of thioether (sulfide) groups is 2. The van der Waals surface area contributed by atoms with Crippen LogP contribution in [-0.2, 0) is 0 Å². The molecule has 5 heteroatoms. The fourth-order valence-electron chi connectivity index (χ4n) is 3.46. The average Bonchev–Trinajstić information content (AvgIpc) is 3.31. The number of carbonyl (C=O) groups is 1. The lowest BCUT2D eigenvalue weighted by Gasteiger charge is -2.32. The molecule has 3 aliphatic rings. The van der Waals surface area contributed by atoms with E-state index in [2.05, 4.69) is 17.4 Å². The number of amides is 1. The minimum absolute atomic E-state index is 0.203. The molecule has 4 rings (SSSR count). The summed E-state index contributed by atoms with van der Waals surface area (Å²) in [5.74, 6) is 3.60. The topological polar surface area (TPSA) is 32.3 Å². The predicted molar refractivity (Wildman–Crippen MR) is 104 cm³/mol. The number of carbonyl (C=O) groups excluding carboxylic acids is 1. The lowest BCUT2D eigenvalue weighted by atomic mass is 10.0. The molecule has 0 aromatic heterocycles. The van der Waals surface area contributed by atoms with Crippen LogP contribution in [-0.4, -0.2) is 48.0 Å². The van der Waals surface area contributed by atoms with Crippen LogP contribution in [0.4, 0.5) is 0 Å². The minimum atomic E-state index is 0.203. The fraction of sp³-hybridized carbons (Fsp3) is 0.632. The third kappa shape index (κ3) is 4.12. The van der Waals surface area contributed by atoms with Gasteiger partial charge in [-0.05, 0) is 55.8 Å². The highest BCUT2D eigenvalue weighted by Gasteiger charge is 2.26. The molecule has 0 spiro atoms. The van der Waals surface area contributed by atoms with Crippen molar-refractivity contribution in [3.63, 3.8) is 0 Å². The van der Waals surface area contributed by atoms with Gasteiger partial charge in [-0.25, -0.2) is 0 Å². The normalized spacial score (nSPS) is 22.9. The number of nitrogens with zero attached hydrogens (tertiary/aromatic N) is 1. The first-order valence-electron chi connectivity index (χ1n) is 9.15. The van der Waals surface area contributed by atoms with E-state index in [0.29, 0.717) is 10.6 Å². The van der Waals surface area contributed by atoms with Gasteiger partial charge in [-0.3, -0.25) is 4.79 Å². The van der Waals surface area contributed by atoms with Gasteiger partial charge in [-0.2, -0.15) is 0 Å². The van der Waals surface area contributed by atoms with Gasteiger partial charge in [0, 0.05) is 36.2 Å². The molecule has 1 aliphatic carbocycles. The molecule has 2 aliphatic heterocycles. The van der Waals surface area contributed by atoms with Crippen LogP contribution < -0.4 is 5.32 Å². The van der Waals surface area contributed by atoms with Crippen LogP contribution in [0.15, 0.2) is 24.3 Å². The molecule has 1 amide bonds. The van der Waals surface area contributed by atoms with Gasteiger partial charge in [0.15, 0.2) is 0 Å². The maximum absolute atomic E-state index is 12.7. The quantitative estimate of drug-likeness (QED) is 0.864. The Morgan fingerprint density at radius 1 is 1.04 bits per heavy atom. The number of likely N-dealkylation sites (tertiary alicyclic amines) is 1. The highest BCUT2D eigenvalue weighted by Crippen LogP contribution is 2.45. The summed E-state index contributed by atoms with van der Waals surface area (Å²) < 4.78 is 0.558. The number of rotatable bonds is 5. The molecule has 2 saturated heterocycles. The number of hydrogen-bond acceptors (Lipinski definition) is 4. The average molecular weight is 363 g/mol. The smallest absolute Gasteiger partial charge is 0.253 e. The number of benzene rings is 1. The van der Waals surface area contributed by atoms with Crippen molar-refractivity contribution in [2.45, 2.75) is 36.3 Å². The molecule has 1 aromatic carbocycles. The molecule has 0 atom stereocenters. The second kappa shape index (κ2) is 7.71. The summed E-state index contributed by atoms with van der Waals surface area (Å²) in [6.45, 7) is 2.95. The fourth-order valence-corrected chi connectivity index (χ4v) is 6.32. The van der Waals surface area contributed by atoms with Gasteiger partial charge in [-0.15, -0.1) is 23.5 Å². The standard InChI is InChI=1S/C19H26N2OS2/c22-18(15-3-5-16(6-4-15)19-23-11-12-24-19)21-9-7-17(8-10-21)20-13-14-1-2-14/h3-6,14,17,19-20H,1-2,7-13H2. The molecule has 24 heavy (non-hydrogen) atoms. The van der Waals surface area contributed by atoms with Gasteiger partial charge in [0.1, 0.15) is 0 Å².